The minimum Gasteiger partial charge on any atom is -0.390 e. The van der Waals surface area contributed by atoms with Crippen LogP contribution in [0.3, 0.4) is 0 Å². The number of aliphatic hydroxyl groups is 1. The van der Waals surface area contributed by atoms with Gasteiger partial charge < -0.3 is 5.11 Å². The van der Waals surface area contributed by atoms with E-state index in [4.69, 9.17) is 0 Å². The van der Waals surface area contributed by atoms with E-state index in [2.05, 4.69) is 13.8 Å². The average molecular weight is 264 g/mol. The van der Waals surface area contributed by atoms with Crippen molar-refractivity contribution in [1.29, 1.82) is 0 Å². The van der Waals surface area contributed by atoms with Gasteiger partial charge in [-0.15, -0.1) is 0 Å². The van der Waals surface area contributed by atoms with Crippen LogP contribution in [0.4, 0.5) is 0 Å². The van der Waals surface area contributed by atoms with Gasteiger partial charge in [-0.2, -0.15) is 0 Å². The van der Waals surface area contributed by atoms with Crippen LogP contribution in [0.5, 0.6) is 0 Å². The molecule has 1 heteroatoms. The van der Waals surface area contributed by atoms with Crippen molar-refractivity contribution < 1.29 is 5.11 Å². The van der Waals surface area contributed by atoms with Gasteiger partial charge in [0.05, 0.1) is 5.60 Å². The van der Waals surface area contributed by atoms with Gasteiger partial charge in [0, 0.05) is 0 Å². The lowest BCUT2D eigenvalue weighted by Gasteiger charge is -2.46. The maximum absolute atomic E-state index is 9.89. The molecular weight excluding hydrogens is 232 g/mol. The van der Waals surface area contributed by atoms with Crippen LogP contribution in [-0.4, -0.2) is 10.7 Å². The van der Waals surface area contributed by atoms with Crippen LogP contribution in [-0.2, 0) is 0 Å². The normalized spacial score (nSPS) is 51.6. The second-order valence-corrected chi connectivity index (χ2v) is 8.24. The number of hydrogen-bond donors (Lipinski definition) is 1. The molecule has 4 bridgehead atoms. The molecule has 6 aliphatic carbocycles. The van der Waals surface area contributed by atoms with Gasteiger partial charge in [0.15, 0.2) is 0 Å². The minimum absolute atomic E-state index is 0.242. The van der Waals surface area contributed by atoms with E-state index in [1.807, 2.05) is 0 Å². The first-order valence-corrected chi connectivity index (χ1v) is 8.78. The Morgan fingerprint density at radius 2 is 1.37 bits per heavy atom. The van der Waals surface area contributed by atoms with Crippen LogP contribution in [0, 0.1) is 29.6 Å². The lowest BCUT2D eigenvalue weighted by atomic mass is 9.63. The Morgan fingerprint density at radius 1 is 0.789 bits per heavy atom. The number of rotatable bonds is 0. The summed E-state index contributed by atoms with van der Waals surface area (Å²) in [4.78, 5) is 0. The van der Waals surface area contributed by atoms with Crippen molar-refractivity contribution in [2.45, 2.75) is 83.7 Å². The van der Waals surface area contributed by atoms with Crippen LogP contribution in [0.15, 0.2) is 0 Å². The molecule has 19 heavy (non-hydrogen) atoms. The van der Waals surface area contributed by atoms with Gasteiger partial charge in [0.25, 0.3) is 0 Å². The Bertz CT molecular complexity index is 295. The molecule has 0 amide bonds. The fraction of sp³-hybridized carbons (Fsp3) is 1.00. The van der Waals surface area contributed by atoms with Gasteiger partial charge in [0.2, 0.25) is 0 Å². The Labute approximate surface area is 119 Å². The standard InChI is InChI=1S/C9H16O.C9H16/c1-7-6-9(10)4-2-8(7)3-5-9;1-7-6-8-2-4-9(7)5-3-8/h7-8,10H,2-6H2,1H3;7-9H,2-6H2,1H3. The fourth-order valence-corrected chi connectivity index (χ4v) is 5.43. The summed E-state index contributed by atoms with van der Waals surface area (Å²) < 4.78 is 0. The maximum atomic E-state index is 9.89. The second-order valence-electron chi connectivity index (χ2n) is 8.24. The van der Waals surface area contributed by atoms with E-state index < -0.39 is 0 Å². The van der Waals surface area contributed by atoms with Crippen molar-refractivity contribution in [2.75, 3.05) is 0 Å². The van der Waals surface area contributed by atoms with E-state index in [9.17, 15) is 5.11 Å². The molecule has 2 unspecified atom stereocenters. The largest absolute Gasteiger partial charge is 0.390 e. The lowest BCUT2D eigenvalue weighted by molar-refractivity contribution is -0.0790. The van der Waals surface area contributed by atoms with Crippen LogP contribution >= 0.6 is 0 Å². The molecule has 6 fully saturated rings. The summed E-state index contributed by atoms with van der Waals surface area (Å²) in [5.41, 5.74) is -0.242. The lowest BCUT2D eigenvalue weighted by Crippen LogP contribution is -2.43. The van der Waals surface area contributed by atoms with Gasteiger partial charge in [-0.3, -0.25) is 0 Å². The molecule has 1 N–H and O–H groups in total. The summed E-state index contributed by atoms with van der Waals surface area (Å²) >= 11 is 0. The Kier molecular flexibility index (Phi) is 3.95. The van der Waals surface area contributed by atoms with Crippen molar-refractivity contribution in [2.24, 2.45) is 29.6 Å². The van der Waals surface area contributed by atoms with Crippen LogP contribution in [0.25, 0.3) is 0 Å². The molecule has 2 atom stereocenters. The van der Waals surface area contributed by atoms with E-state index in [0.29, 0.717) is 0 Å². The Hall–Kier alpha value is -0.0400. The minimum atomic E-state index is -0.242. The van der Waals surface area contributed by atoms with Crippen LogP contribution in [0.1, 0.15) is 78.1 Å². The van der Waals surface area contributed by atoms with E-state index in [-0.39, 0.29) is 5.60 Å². The van der Waals surface area contributed by atoms with E-state index in [1.165, 1.54) is 12.8 Å². The van der Waals surface area contributed by atoms with E-state index in [0.717, 1.165) is 48.9 Å². The molecule has 6 saturated carbocycles. The molecule has 6 aliphatic rings. The third kappa shape index (κ3) is 3.01. The highest BCUT2D eigenvalue weighted by molar-refractivity contribution is 4.94. The molecule has 110 valence electrons. The third-order valence-electron chi connectivity index (χ3n) is 6.87. The Balaban J connectivity index is 0.000000117. The highest BCUT2D eigenvalue weighted by Gasteiger charge is 2.42. The van der Waals surface area contributed by atoms with Crippen molar-refractivity contribution in [3.63, 3.8) is 0 Å². The van der Waals surface area contributed by atoms with Crippen molar-refractivity contribution >= 4 is 0 Å². The molecule has 0 aromatic heterocycles. The van der Waals surface area contributed by atoms with Gasteiger partial charge >= 0.3 is 0 Å². The summed E-state index contributed by atoms with van der Waals surface area (Å²) in [6.45, 7) is 4.73. The molecule has 0 aromatic carbocycles. The summed E-state index contributed by atoms with van der Waals surface area (Å²) in [6, 6.07) is 0. The Morgan fingerprint density at radius 3 is 1.63 bits per heavy atom. The maximum Gasteiger partial charge on any atom is 0.0650 e. The first-order chi connectivity index (χ1) is 9.06. The molecule has 0 heterocycles. The summed E-state index contributed by atoms with van der Waals surface area (Å²) in [6.07, 6.45) is 13.5. The summed E-state index contributed by atoms with van der Waals surface area (Å²) in [5.74, 6) is 5.04. The first-order valence-electron chi connectivity index (χ1n) is 8.78. The van der Waals surface area contributed by atoms with Gasteiger partial charge in [-0.1, -0.05) is 26.7 Å². The van der Waals surface area contributed by atoms with Crippen LogP contribution < -0.4 is 0 Å². The quantitative estimate of drug-likeness (QED) is 0.667. The zero-order chi connectivity index (χ0) is 13.5. The van der Waals surface area contributed by atoms with Crippen molar-refractivity contribution in [1.82, 2.24) is 0 Å². The van der Waals surface area contributed by atoms with Gasteiger partial charge in [0.1, 0.15) is 0 Å². The SMILES string of the molecule is CC1CC2(O)CCC1CC2.CC1CC2CCC1CC2. The molecule has 0 aromatic rings. The second kappa shape index (κ2) is 5.39. The molecule has 1 nitrogen and oxygen atoms in total. The molecule has 0 radical (unpaired) electrons. The van der Waals surface area contributed by atoms with Crippen molar-refractivity contribution in [3.05, 3.63) is 0 Å². The van der Waals surface area contributed by atoms with E-state index in [1.54, 1.807) is 32.1 Å². The predicted octanol–water partition coefficient (Wildman–Crippen LogP) is 4.78. The smallest absolute Gasteiger partial charge is 0.0650 e. The zero-order valence-corrected chi connectivity index (χ0v) is 12.9. The monoisotopic (exact) mass is 264 g/mol. The van der Waals surface area contributed by atoms with E-state index >= 15 is 0 Å². The van der Waals surface area contributed by atoms with Crippen molar-refractivity contribution in [3.8, 4) is 0 Å². The van der Waals surface area contributed by atoms with Crippen LogP contribution in [0.2, 0.25) is 0 Å². The molecule has 0 spiro atoms. The first kappa shape index (κ1) is 13.9. The summed E-state index contributed by atoms with van der Waals surface area (Å²) in [5, 5.41) is 9.89. The highest BCUT2D eigenvalue weighted by atomic mass is 16.3. The zero-order valence-electron chi connectivity index (χ0n) is 12.9. The van der Waals surface area contributed by atoms with Gasteiger partial charge in [-0.05, 0) is 81.0 Å². The van der Waals surface area contributed by atoms with Gasteiger partial charge in [-0.25, -0.2) is 0 Å². The molecular formula is C18H32O. The fourth-order valence-electron chi connectivity index (χ4n) is 5.43. The molecule has 6 rings (SSSR count). The number of fused-ring (bicyclic) bond motifs is 6. The summed E-state index contributed by atoms with van der Waals surface area (Å²) in [7, 11) is 0. The third-order valence-corrected chi connectivity index (χ3v) is 6.87. The predicted molar refractivity (Wildman–Crippen MR) is 79.9 cm³/mol. The molecule has 0 aliphatic heterocycles. The average Bonchev–Trinajstić information content (AvgIpc) is 2.40. The topological polar surface area (TPSA) is 20.2 Å². The number of hydrogen-bond acceptors (Lipinski definition) is 1. The molecule has 0 saturated heterocycles. The highest BCUT2D eigenvalue weighted by Crippen LogP contribution is 2.47.